The fourth-order valence-corrected chi connectivity index (χ4v) is 2.97. The van der Waals surface area contributed by atoms with Crippen LogP contribution in [0.3, 0.4) is 0 Å². The summed E-state index contributed by atoms with van der Waals surface area (Å²) < 4.78 is 5.27. The second-order valence-corrected chi connectivity index (χ2v) is 7.18. The van der Waals surface area contributed by atoms with Gasteiger partial charge in [0.1, 0.15) is 5.60 Å². The lowest BCUT2D eigenvalue weighted by Gasteiger charge is -2.22. The summed E-state index contributed by atoms with van der Waals surface area (Å²) in [6.07, 6.45) is -0.415. The minimum absolute atomic E-state index is 0.130. The summed E-state index contributed by atoms with van der Waals surface area (Å²) in [7, 11) is 0. The zero-order valence-corrected chi connectivity index (χ0v) is 14.7. The molecule has 3 N–H and O–H groups in total. The summed E-state index contributed by atoms with van der Waals surface area (Å²) in [6, 6.07) is 7.91. The Labute approximate surface area is 140 Å². The molecule has 23 heavy (non-hydrogen) atoms. The van der Waals surface area contributed by atoms with E-state index >= 15 is 0 Å². The Balaban J connectivity index is 2.06. The van der Waals surface area contributed by atoms with E-state index in [1.807, 2.05) is 52.0 Å². The second kappa shape index (κ2) is 7.10. The number of nitrogens with one attached hydrogen (secondary N) is 1. The number of rotatable bonds is 4. The zero-order valence-electron chi connectivity index (χ0n) is 13.9. The molecule has 1 aromatic carbocycles. The van der Waals surface area contributed by atoms with E-state index in [4.69, 9.17) is 10.5 Å². The van der Waals surface area contributed by atoms with Crippen molar-refractivity contribution in [2.24, 2.45) is 5.73 Å². The lowest BCUT2D eigenvalue weighted by atomic mass is 10.0. The van der Waals surface area contributed by atoms with Crippen molar-refractivity contribution in [2.75, 3.05) is 0 Å². The van der Waals surface area contributed by atoms with Crippen molar-refractivity contribution in [3.63, 3.8) is 0 Å². The fraction of sp³-hybridized carbons (Fsp3) is 0.412. The van der Waals surface area contributed by atoms with Gasteiger partial charge < -0.3 is 15.8 Å². The molecule has 1 amide bonds. The molecule has 0 saturated carbocycles. The summed E-state index contributed by atoms with van der Waals surface area (Å²) in [5.41, 5.74) is 10.0. The van der Waals surface area contributed by atoms with Crippen LogP contribution < -0.4 is 11.1 Å². The van der Waals surface area contributed by atoms with Crippen LogP contribution in [0.15, 0.2) is 29.8 Å². The van der Waals surface area contributed by atoms with Crippen molar-refractivity contribution in [1.82, 2.24) is 10.3 Å². The molecule has 6 heteroatoms. The number of ether oxygens (including phenoxy) is 1. The molecular weight excluding hydrogens is 310 g/mol. The van der Waals surface area contributed by atoms with Gasteiger partial charge in [0.25, 0.3) is 0 Å². The highest BCUT2D eigenvalue weighted by Gasteiger charge is 2.18. The van der Waals surface area contributed by atoms with Gasteiger partial charge in [-0.2, -0.15) is 0 Å². The molecule has 0 aliphatic heterocycles. The van der Waals surface area contributed by atoms with Crippen LogP contribution in [0.5, 0.6) is 0 Å². The minimum Gasteiger partial charge on any atom is -0.444 e. The first-order valence-corrected chi connectivity index (χ1v) is 8.40. The third-order valence-electron chi connectivity index (χ3n) is 3.24. The number of hydrogen-bond donors (Lipinski definition) is 2. The van der Waals surface area contributed by atoms with E-state index in [-0.39, 0.29) is 6.04 Å². The van der Waals surface area contributed by atoms with Crippen LogP contribution in [0.25, 0.3) is 10.4 Å². The van der Waals surface area contributed by atoms with Crippen LogP contribution in [-0.4, -0.2) is 16.7 Å². The smallest absolute Gasteiger partial charge is 0.408 e. The maximum absolute atomic E-state index is 11.8. The molecule has 1 heterocycles. The summed E-state index contributed by atoms with van der Waals surface area (Å²) >= 11 is 1.58. The third kappa shape index (κ3) is 4.77. The van der Waals surface area contributed by atoms with Crippen LogP contribution in [0.4, 0.5) is 4.79 Å². The van der Waals surface area contributed by atoms with E-state index in [0.717, 1.165) is 21.7 Å². The first-order chi connectivity index (χ1) is 10.8. The highest BCUT2D eigenvalue weighted by Crippen LogP contribution is 2.28. The largest absolute Gasteiger partial charge is 0.444 e. The maximum atomic E-state index is 11.8. The van der Waals surface area contributed by atoms with E-state index in [1.54, 1.807) is 16.8 Å². The molecule has 0 aliphatic carbocycles. The Morgan fingerprint density at radius 1 is 1.35 bits per heavy atom. The van der Waals surface area contributed by atoms with Crippen molar-refractivity contribution < 1.29 is 9.53 Å². The van der Waals surface area contributed by atoms with Crippen LogP contribution >= 0.6 is 11.3 Å². The number of amides is 1. The highest BCUT2D eigenvalue weighted by atomic mass is 32.1. The molecule has 5 nitrogen and oxygen atoms in total. The van der Waals surface area contributed by atoms with Crippen molar-refractivity contribution in [1.29, 1.82) is 0 Å². The number of nitrogens with two attached hydrogens (primary N) is 1. The van der Waals surface area contributed by atoms with Gasteiger partial charge in [-0.3, -0.25) is 0 Å². The van der Waals surface area contributed by atoms with Gasteiger partial charge in [-0.1, -0.05) is 24.3 Å². The average Bonchev–Trinajstić information content (AvgIpc) is 2.93. The lowest BCUT2D eigenvalue weighted by molar-refractivity contribution is 0.0508. The van der Waals surface area contributed by atoms with Crippen LogP contribution in [-0.2, 0) is 11.3 Å². The molecule has 0 aliphatic rings. The topological polar surface area (TPSA) is 77.2 Å². The van der Waals surface area contributed by atoms with Gasteiger partial charge in [0.15, 0.2) is 0 Å². The Bertz CT molecular complexity index is 659. The molecule has 0 spiro atoms. The van der Waals surface area contributed by atoms with E-state index in [0.29, 0.717) is 6.54 Å². The SMILES string of the molecule is CC(NC(=O)OC(C)(C)C)c1ccc(-c2scnc2CN)cc1. The number of aromatic nitrogens is 1. The molecule has 1 aromatic heterocycles. The van der Waals surface area contributed by atoms with Gasteiger partial charge in [-0.15, -0.1) is 11.3 Å². The van der Waals surface area contributed by atoms with Gasteiger partial charge in [0.05, 0.1) is 22.1 Å². The predicted octanol–water partition coefficient (Wildman–Crippen LogP) is 3.85. The molecule has 0 bridgehead atoms. The molecule has 0 radical (unpaired) electrons. The Kier molecular flexibility index (Phi) is 5.38. The van der Waals surface area contributed by atoms with Gasteiger partial charge in [-0.25, -0.2) is 9.78 Å². The molecule has 0 fully saturated rings. The number of carbonyl (C=O) groups is 1. The number of alkyl carbamates (subject to hydrolysis) is 1. The molecule has 1 unspecified atom stereocenters. The Morgan fingerprint density at radius 3 is 2.57 bits per heavy atom. The normalized spacial score (nSPS) is 12.7. The number of hydrogen-bond acceptors (Lipinski definition) is 5. The first-order valence-electron chi connectivity index (χ1n) is 7.52. The molecule has 2 aromatic rings. The molecular formula is C17H23N3O2S. The number of benzene rings is 1. The van der Waals surface area contributed by atoms with Crippen molar-refractivity contribution in [2.45, 2.75) is 45.9 Å². The predicted molar refractivity (Wildman–Crippen MR) is 93.2 cm³/mol. The van der Waals surface area contributed by atoms with E-state index in [1.165, 1.54) is 0 Å². The second-order valence-electron chi connectivity index (χ2n) is 6.32. The lowest BCUT2D eigenvalue weighted by Crippen LogP contribution is -2.34. The summed E-state index contributed by atoms with van der Waals surface area (Å²) in [5.74, 6) is 0. The first kappa shape index (κ1) is 17.4. The van der Waals surface area contributed by atoms with Gasteiger partial charge >= 0.3 is 6.09 Å². The zero-order chi connectivity index (χ0) is 17.0. The average molecular weight is 333 g/mol. The van der Waals surface area contributed by atoms with E-state index in [9.17, 15) is 4.79 Å². The van der Waals surface area contributed by atoms with Gasteiger partial charge in [0, 0.05) is 6.54 Å². The number of thiazole rings is 1. The Hall–Kier alpha value is -1.92. The Morgan fingerprint density at radius 2 is 2.00 bits per heavy atom. The number of nitrogens with zero attached hydrogens (tertiary/aromatic N) is 1. The van der Waals surface area contributed by atoms with Crippen molar-refractivity contribution >= 4 is 17.4 Å². The summed E-state index contributed by atoms with van der Waals surface area (Å²) in [6.45, 7) is 7.89. The third-order valence-corrected chi connectivity index (χ3v) is 4.16. The van der Waals surface area contributed by atoms with Crippen LogP contribution in [0.2, 0.25) is 0 Å². The summed E-state index contributed by atoms with van der Waals surface area (Å²) in [4.78, 5) is 17.2. The standard InChI is InChI=1S/C17H23N3O2S/c1-11(20-16(21)22-17(2,3)4)12-5-7-13(8-6-12)15-14(9-18)19-10-23-15/h5-8,10-11H,9,18H2,1-4H3,(H,20,21). The monoisotopic (exact) mass is 333 g/mol. The quantitative estimate of drug-likeness (QED) is 0.891. The fourth-order valence-electron chi connectivity index (χ4n) is 2.14. The van der Waals surface area contributed by atoms with Crippen LogP contribution in [0, 0.1) is 0 Å². The molecule has 0 saturated heterocycles. The van der Waals surface area contributed by atoms with Crippen molar-refractivity contribution in [3.8, 4) is 10.4 Å². The molecule has 1 atom stereocenters. The van der Waals surface area contributed by atoms with Crippen LogP contribution in [0.1, 0.15) is 45.0 Å². The molecule has 2 rings (SSSR count). The van der Waals surface area contributed by atoms with E-state index < -0.39 is 11.7 Å². The highest BCUT2D eigenvalue weighted by molar-refractivity contribution is 7.13. The minimum atomic E-state index is -0.502. The summed E-state index contributed by atoms with van der Waals surface area (Å²) in [5, 5.41) is 2.84. The number of carbonyl (C=O) groups excluding carboxylic acids is 1. The maximum Gasteiger partial charge on any atom is 0.408 e. The van der Waals surface area contributed by atoms with Crippen molar-refractivity contribution in [3.05, 3.63) is 41.0 Å². The van der Waals surface area contributed by atoms with E-state index in [2.05, 4.69) is 10.3 Å². The van der Waals surface area contributed by atoms with Gasteiger partial charge in [-0.05, 0) is 38.8 Å². The van der Waals surface area contributed by atoms with Gasteiger partial charge in [0.2, 0.25) is 0 Å². The molecule has 124 valence electrons.